The molecule has 6 atom stereocenters. The van der Waals surface area contributed by atoms with E-state index in [9.17, 15) is 4.79 Å². The van der Waals surface area contributed by atoms with Gasteiger partial charge in [-0.05, 0) is 36.2 Å². The first kappa shape index (κ1) is 16.3. The molecule has 2 rings (SSSR count). The first-order chi connectivity index (χ1) is 9.97. The van der Waals surface area contributed by atoms with Crippen LogP contribution in [0.3, 0.4) is 0 Å². The van der Waals surface area contributed by atoms with Gasteiger partial charge < -0.3 is 4.74 Å². The summed E-state index contributed by atoms with van der Waals surface area (Å²) in [5, 5.41) is 0. The van der Waals surface area contributed by atoms with Gasteiger partial charge in [0, 0.05) is 5.92 Å². The van der Waals surface area contributed by atoms with Crippen LogP contribution in [0.2, 0.25) is 0 Å². The van der Waals surface area contributed by atoms with Crippen molar-refractivity contribution in [3.63, 3.8) is 0 Å². The van der Waals surface area contributed by atoms with E-state index in [2.05, 4.69) is 39.0 Å². The Hall–Kier alpha value is -1.05. The summed E-state index contributed by atoms with van der Waals surface area (Å²) >= 11 is 0. The molecule has 0 amide bonds. The van der Waals surface area contributed by atoms with Crippen LogP contribution in [0.5, 0.6) is 0 Å². The van der Waals surface area contributed by atoms with Crippen molar-refractivity contribution in [1.82, 2.24) is 0 Å². The highest BCUT2D eigenvalue weighted by Gasteiger charge is 2.40. The van der Waals surface area contributed by atoms with Gasteiger partial charge in [-0.25, -0.2) is 0 Å². The van der Waals surface area contributed by atoms with E-state index in [-0.39, 0.29) is 18.0 Å². The van der Waals surface area contributed by atoms with Gasteiger partial charge in [0.2, 0.25) is 0 Å². The van der Waals surface area contributed by atoms with Crippen molar-refractivity contribution in [1.29, 1.82) is 0 Å². The lowest BCUT2D eigenvalue weighted by Gasteiger charge is -2.42. The topological polar surface area (TPSA) is 26.3 Å². The molecule has 2 heteroatoms. The van der Waals surface area contributed by atoms with Crippen molar-refractivity contribution in [3.05, 3.63) is 23.8 Å². The van der Waals surface area contributed by atoms with Crippen LogP contribution in [0.1, 0.15) is 53.9 Å². The molecule has 118 valence electrons. The first-order valence-electron chi connectivity index (χ1n) is 8.58. The van der Waals surface area contributed by atoms with E-state index in [4.69, 9.17) is 4.74 Å². The average Bonchev–Trinajstić information content (AvgIpc) is 2.46. The second kappa shape index (κ2) is 6.81. The third-order valence-corrected chi connectivity index (χ3v) is 5.35. The van der Waals surface area contributed by atoms with Crippen molar-refractivity contribution in [2.75, 3.05) is 0 Å². The summed E-state index contributed by atoms with van der Waals surface area (Å²) < 4.78 is 5.95. The number of allylic oxidation sites excluding steroid dienone is 3. The number of hydrogen-bond donors (Lipinski definition) is 0. The zero-order valence-electron chi connectivity index (χ0n) is 14.1. The molecular formula is C19H30O2. The highest BCUT2D eigenvalue weighted by atomic mass is 16.5. The van der Waals surface area contributed by atoms with Gasteiger partial charge in [-0.2, -0.15) is 0 Å². The van der Waals surface area contributed by atoms with E-state index in [1.807, 2.05) is 13.8 Å². The van der Waals surface area contributed by atoms with Gasteiger partial charge in [-0.1, -0.05) is 59.3 Å². The Labute approximate surface area is 129 Å². The monoisotopic (exact) mass is 290 g/mol. The minimum absolute atomic E-state index is 0.00583. The minimum Gasteiger partial charge on any atom is -0.461 e. The lowest BCUT2D eigenvalue weighted by Crippen LogP contribution is -2.41. The van der Waals surface area contributed by atoms with Crippen molar-refractivity contribution in [3.8, 4) is 0 Å². The molecule has 0 saturated carbocycles. The fourth-order valence-corrected chi connectivity index (χ4v) is 3.84. The quantitative estimate of drug-likeness (QED) is 0.698. The van der Waals surface area contributed by atoms with Crippen molar-refractivity contribution in [2.45, 2.75) is 60.0 Å². The predicted octanol–water partition coefficient (Wildman–Crippen LogP) is 4.76. The molecule has 0 aromatic rings. The molecule has 2 nitrogen and oxygen atoms in total. The molecule has 0 N–H and O–H groups in total. The van der Waals surface area contributed by atoms with Crippen LogP contribution in [0, 0.1) is 29.6 Å². The summed E-state index contributed by atoms with van der Waals surface area (Å²) in [4.78, 5) is 12.2. The maximum Gasteiger partial charge on any atom is 0.308 e. The number of hydrogen-bond acceptors (Lipinski definition) is 2. The van der Waals surface area contributed by atoms with Gasteiger partial charge in [0.1, 0.15) is 6.10 Å². The lowest BCUT2D eigenvalue weighted by molar-refractivity contribution is -0.158. The third kappa shape index (κ3) is 3.41. The summed E-state index contributed by atoms with van der Waals surface area (Å²) in [7, 11) is 0. The molecule has 6 unspecified atom stereocenters. The number of carbonyl (C=O) groups excluding carboxylic acids is 1. The fourth-order valence-electron chi connectivity index (χ4n) is 3.84. The van der Waals surface area contributed by atoms with Crippen LogP contribution < -0.4 is 0 Å². The Balaban J connectivity index is 2.23. The average molecular weight is 290 g/mol. The zero-order chi connectivity index (χ0) is 15.6. The summed E-state index contributed by atoms with van der Waals surface area (Å²) in [6.45, 7) is 10.8. The molecule has 0 bridgehead atoms. The molecule has 0 fully saturated rings. The molecular weight excluding hydrogens is 260 g/mol. The van der Waals surface area contributed by atoms with Crippen LogP contribution in [-0.2, 0) is 9.53 Å². The van der Waals surface area contributed by atoms with Crippen molar-refractivity contribution in [2.24, 2.45) is 29.6 Å². The standard InChI is InChI=1S/C19H30O2/c1-6-13(4)19(20)21-17-11-12(3)10-15-9-8-14(5)16(7-2)18(15)17/h8-10,12-14,16-18H,6-7,11H2,1-5H3. The lowest BCUT2D eigenvalue weighted by atomic mass is 9.66. The maximum absolute atomic E-state index is 12.2. The maximum atomic E-state index is 12.2. The van der Waals surface area contributed by atoms with E-state index in [0.717, 1.165) is 19.3 Å². The van der Waals surface area contributed by atoms with E-state index in [1.165, 1.54) is 5.57 Å². The van der Waals surface area contributed by atoms with Gasteiger partial charge >= 0.3 is 5.97 Å². The van der Waals surface area contributed by atoms with Gasteiger partial charge in [0.05, 0.1) is 5.92 Å². The zero-order valence-corrected chi connectivity index (χ0v) is 14.1. The number of rotatable bonds is 4. The number of ether oxygens (including phenoxy) is 1. The molecule has 21 heavy (non-hydrogen) atoms. The van der Waals surface area contributed by atoms with Crippen molar-refractivity contribution < 1.29 is 9.53 Å². The van der Waals surface area contributed by atoms with Gasteiger partial charge in [0.15, 0.2) is 0 Å². The predicted molar refractivity (Wildman–Crippen MR) is 86.8 cm³/mol. The first-order valence-corrected chi connectivity index (χ1v) is 8.58. The number of fused-ring (bicyclic) bond motifs is 1. The fraction of sp³-hybridized carbons (Fsp3) is 0.737. The second-order valence-corrected chi connectivity index (χ2v) is 6.98. The van der Waals surface area contributed by atoms with Gasteiger partial charge in [-0.3, -0.25) is 4.79 Å². The normalized spacial score (nSPS) is 36.6. The minimum atomic E-state index is -0.0204. The van der Waals surface area contributed by atoms with E-state index in [1.54, 1.807) is 0 Å². The largest absolute Gasteiger partial charge is 0.461 e. The van der Waals surface area contributed by atoms with Crippen LogP contribution in [0.4, 0.5) is 0 Å². The summed E-state index contributed by atoms with van der Waals surface area (Å²) in [5.41, 5.74) is 1.39. The molecule has 0 spiro atoms. The van der Waals surface area contributed by atoms with Crippen LogP contribution in [-0.4, -0.2) is 12.1 Å². The highest BCUT2D eigenvalue weighted by molar-refractivity contribution is 5.72. The van der Waals surface area contributed by atoms with Crippen LogP contribution in [0.15, 0.2) is 23.8 Å². The Bertz CT molecular complexity index is 435. The Morgan fingerprint density at radius 2 is 2.10 bits per heavy atom. The third-order valence-electron chi connectivity index (χ3n) is 5.35. The summed E-state index contributed by atoms with van der Waals surface area (Å²) in [5.74, 6) is 2.01. The van der Waals surface area contributed by atoms with E-state index >= 15 is 0 Å². The molecule has 0 aliphatic heterocycles. The molecule has 0 aromatic carbocycles. The Kier molecular flexibility index (Phi) is 5.29. The van der Waals surface area contributed by atoms with Crippen molar-refractivity contribution >= 4 is 5.97 Å². The van der Waals surface area contributed by atoms with E-state index in [0.29, 0.717) is 23.7 Å². The van der Waals surface area contributed by atoms with Gasteiger partial charge in [-0.15, -0.1) is 0 Å². The SMILES string of the molecule is CCC(C)C(=O)OC1CC(C)C=C2C=CC(C)C(CC)C21. The number of carbonyl (C=O) groups is 1. The Morgan fingerprint density at radius 3 is 2.71 bits per heavy atom. The smallest absolute Gasteiger partial charge is 0.308 e. The molecule has 0 aromatic heterocycles. The van der Waals surface area contributed by atoms with E-state index < -0.39 is 0 Å². The molecule has 2 aliphatic rings. The molecule has 2 aliphatic carbocycles. The number of esters is 1. The Morgan fingerprint density at radius 1 is 1.38 bits per heavy atom. The summed E-state index contributed by atoms with van der Waals surface area (Å²) in [6.07, 6.45) is 9.97. The molecule has 0 heterocycles. The highest BCUT2D eigenvalue weighted by Crippen LogP contribution is 2.44. The molecule has 0 radical (unpaired) electrons. The molecule has 0 saturated heterocycles. The van der Waals surface area contributed by atoms with Gasteiger partial charge in [0.25, 0.3) is 0 Å². The summed E-state index contributed by atoms with van der Waals surface area (Å²) in [6, 6.07) is 0. The van der Waals surface area contributed by atoms with Crippen LogP contribution >= 0.6 is 0 Å². The van der Waals surface area contributed by atoms with Crippen LogP contribution in [0.25, 0.3) is 0 Å². The second-order valence-electron chi connectivity index (χ2n) is 6.98.